The van der Waals surface area contributed by atoms with Crippen LogP contribution in [0.4, 0.5) is 0 Å². The highest BCUT2D eigenvalue weighted by atomic mass is 16.2. The topological polar surface area (TPSA) is 61.9 Å². The van der Waals surface area contributed by atoms with Crippen molar-refractivity contribution in [2.24, 2.45) is 0 Å². The lowest BCUT2D eigenvalue weighted by Crippen LogP contribution is -2.39. The summed E-state index contributed by atoms with van der Waals surface area (Å²) in [4.78, 5) is 14.4. The van der Waals surface area contributed by atoms with E-state index in [0.29, 0.717) is 12.1 Å². The molecule has 2 aromatic rings. The van der Waals surface area contributed by atoms with Crippen LogP contribution in [-0.4, -0.2) is 33.2 Å². The van der Waals surface area contributed by atoms with Crippen LogP contribution in [0.2, 0.25) is 0 Å². The second-order valence-electron chi connectivity index (χ2n) is 5.94. The predicted octanol–water partition coefficient (Wildman–Crippen LogP) is 2.84. The van der Waals surface area contributed by atoms with Crippen LogP contribution in [-0.2, 0) is 6.54 Å². The van der Waals surface area contributed by atoms with Crippen LogP contribution in [0.15, 0.2) is 42.7 Å². The summed E-state index contributed by atoms with van der Waals surface area (Å²) in [7, 11) is 0. The second-order valence-corrected chi connectivity index (χ2v) is 5.94. The molecule has 1 saturated carbocycles. The van der Waals surface area contributed by atoms with E-state index < -0.39 is 0 Å². The largest absolute Gasteiger partial charge is 0.322 e. The molecule has 23 heavy (non-hydrogen) atoms. The van der Waals surface area contributed by atoms with E-state index in [1.165, 1.54) is 0 Å². The molecule has 0 N–H and O–H groups in total. The van der Waals surface area contributed by atoms with Gasteiger partial charge in [0.1, 0.15) is 6.54 Å². The van der Waals surface area contributed by atoms with E-state index in [0.717, 1.165) is 31.2 Å². The third-order valence-corrected chi connectivity index (χ3v) is 4.33. The van der Waals surface area contributed by atoms with Gasteiger partial charge in [-0.15, -0.1) is 0 Å². The second kappa shape index (κ2) is 7.10. The van der Waals surface area contributed by atoms with Crippen LogP contribution in [0.5, 0.6) is 0 Å². The Morgan fingerprint density at radius 2 is 2.04 bits per heavy atom. The highest BCUT2D eigenvalue weighted by molar-refractivity contribution is 5.94. The normalized spacial score (nSPS) is 14.6. The molecule has 0 atom stereocenters. The van der Waals surface area contributed by atoms with Crippen molar-refractivity contribution in [2.45, 2.75) is 38.3 Å². The third-order valence-electron chi connectivity index (χ3n) is 4.33. The molecule has 5 nitrogen and oxygen atoms in total. The Kier molecular flexibility index (Phi) is 4.72. The van der Waals surface area contributed by atoms with E-state index in [4.69, 9.17) is 5.26 Å². The molecule has 1 amide bonds. The van der Waals surface area contributed by atoms with E-state index >= 15 is 0 Å². The molecular formula is C18H20N4O. The summed E-state index contributed by atoms with van der Waals surface area (Å²) in [6.07, 6.45) is 7.62. The molecule has 1 aromatic carbocycles. The molecule has 1 aromatic heterocycles. The van der Waals surface area contributed by atoms with E-state index in [2.05, 4.69) is 11.2 Å². The van der Waals surface area contributed by atoms with Crippen LogP contribution in [0.3, 0.4) is 0 Å². The van der Waals surface area contributed by atoms with Gasteiger partial charge in [0.05, 0.1) is 24.4 Å². The third kappa shape index (κ3) is 3.59. The van der Waals surface area contributed by atoms with Crippen molar-refractivity contribution in [1.29, 1.82) is 5.26 Å². The van der Waals surface area contributed by atoms with Gasteiger partial charge >= 0.3 is 0 Å². The Balaban J connectivity index is 1.73. The van der Waals surface area contributed by atoms with Gasteiger partial charge in [-0.2, -0.15) is 10.4 Å². The summed E-state index contributed by atoms with van der Waals surface area (Å²) >= 11 is 0. The fourth-order valence-corrected chi connectivity index (χ4v) is 3.16. The average molecular weight is 308 g/mol. The lowest BCUT2D eigenvalue weighted by atomic mass is 10.2. The number of benzene rings is 1. The first kappa shape index (κ1) is 15.3. The molecular weight excluding hydrogens is 288 g/mol. The zero-order valence-electron chi connectivity index (χ0n) is 13.1. The molecule has 5 heteroatoms. The lowest BCUT2D eigenvalue weighted by molar-refractivity contribution is 0.0709. The minimum absolute atomic E-state index is 0.0854. The van der Waals surface area contributed by atoms with Crippen molar-refractivity contribution in [3.8, 4) is 6.07 Å². The van der Waals surface area contributed by atoms with Gasteiger partial charge in [-0.1, -0.05) is 43.2 Å². The minimum Gasteiger partial charge on any atom is -0.322 e. The molecule has 1 aliphatic rings. The number of amides is 1. The SMILES string of the molecule is N#CCN(C(=O)c1cnn(Cc2ccccc2)c1)C1CCCC1. The maximum absolute atomic E-state index is 12.7. The summed E-state index contributed by atoms with van der Waals surface area (Å²) < 4.78 is 1.77. The van der Waals surface area contributed by atoms with Crippen molar-refractivity contribution in [3.05, 3.63) is 53.9 Å². The standard InChI is InChI=1S/C18H20N4O/c19-10-11-22(17-8-4-5-9-17)18(23)16-12-20-21(14-16)13-15-6-2-1-3-7-15/h1-3,6-7,12,14,17H,4-5,8-9,11,13H2. The summed E-state index contributed by atoms with van der Waals surface area (Å²) in [6, 6.07) is 12.3. The van der Waals surface area contributed by atoms with Crippen molar-refractivity contribution in [1.82, 2.24) is 14.7 Å². The monoisotopic (exact) mass is 308 g/mol. The summed E-state index contributed by atoms with van der Waals surface area (Å²) in [5.41, 5.74) is 1.70. The number of hydrogen-bond donors (Lipinski definition) is 0. The summed E-state index contributed by atoms with van der Waals surface area (Å²) in [5.74, 6) is -0.0854. The maximum atomic E-state index is 12.7. The van der Waals surface area contributed by atoms with Crippen LogP contribution in [0.1, 0.15) is 41.6 Å². The zero-order chi connectivity index (χ0) is 16.1. The van der Waals surface area contributed by atoms with Crippen LogP contribution < -0.4 is 0 Å². The van der Waals surface area contributed by atoms with Gasteiger partial charge in [0.15, 0.2) is 0 Å². The quantitative estimate of drug-likeness (QED) is 0.798. The molecule has 0 unspecified atom stereocenters. The van der Waals surface area contributed by atoms with Gasteiger partial charge in [-0.05, 0) is 18.4 Å². The van der Waals surface area contributed by atoms with E-state index in [1.54, 1.807) is 22.0 Å². The van der Waals surface area contributed by atoms with Crippen LogP contribution >= 0.6 is 0 Å². The molecule has 1 fully saturated rings. The number of carbonyl (C=O) groups excluding carboxylic acids is 1. The molecule has 3 rings (SSSR count). The maximum Gasteiger partial charge on any atom is 0.258 e. The number of nitriles is 1. The van der Waals surface area contributed by atoms with Gasteiger partial charge in [-0.3, -0.25) is 9.48 Å². The molecule has 0 radical (unpaired) electrons. The Bertz CT molecular complexity index is 695. The van der Waals surface area contributed by atoms with Crippen molar-refractivity contribution < 1.29 is 4.79 Å². The smallest absolute Gasteiger partial charge is 0.258 e. The number of hydrogen-bond acceptors (Lipinski definition) is 3. The minimum atomic E-state index is -0.0854. The molecule has 0 saturated heterocycles. The molecule has 1 aliphatic carbocycles. The Morgan fingerprint density at radius 3 is 2.74 bits per heavy atom. The fourth-order valence-electron chi connectivity index (χ4n) is 3.16. The fraction of sp³-hybridized carbons (Fsp3) is 0.389. The Labute approximate surface area is 136 Å². The summed E-state index contributed by atoms with van der Waals surface area (Å²) in [6.45, 7) is 0.781. The predicted molar refractivity (Wildman–Crippen MR) is 86.7 cm³/mol. The Hall–Kier alpha value is -2.61. The summed E-state index contributed by atoms with van der Waals surface area (Å²) in [5, 5.41) is 13.3. The molecule has 0 spiro atoms. The van der Waals surface area contributed by atoms with Crippen LogP contribution in [0.25, 0.3) is 0 Å². The Morgan fingerprint density at radius 1 is 1.30 bits per heavy atom. The molecule has 1 heterocycles. The van der Waals surface area contributed by atoms with Gasteiger partial charge in [0, 0.05) is 12.2 Å². The molecule has 0 aliphatic heterocycles. The van der Waals surface area contributed by atoms with Gasteiger partial charge in [0.2, 0.25) is 0 Å². The first-order valence-electron chi connectivity index (χ1n) is 8.02. The number of carbonyl (C=O) groups is 1. The van der Waals surface area contributed by atoms with Gasteiger partial charge < -0.3 is 4.90 Å². The first-order valence-corrected chi connectivity index (χ1v) is 8.02. The molecule has 0 bridgehead atoms. The molecule has 118 valence electrons. The average Bonchev–Trinajstić information content (AvgIpc) is 3.25. The number of rotatable bonds is 5. The first-order chi connectivity index (χ1) is 11.3. The van der Waals surface area contributed by atoms with Crippen molar-refractivity contribution >= 4 is 5.91 Å². The number of aromatic nitrogens is 2. The highest BCUT2D eigenvalue weighted by Crippen LogP contribution is 2.24. The lowest BCUT2D eigenvalue weighted by Gasteiger charge is -2.25. The van der Waals surface area contributed by atoms with E-state index in [9.17, 15) is 4.79 Å². The highest BCUT2D eigenvalue weighted by Gasteiger charge is 2.27. The van der Waals surface area contributed by atoms with Gasteiger partial charge in [-0.25, -0.2) is 0 Å². The van der Waals surface area contributed by atoms with Gasteiger partial charge in [0.25, 0.3) is 5.91 Å². The zero-order valence-corrected chi connectivity index (χ0v) is 13.1. The van der Waals surface area contributed by atoms with Crippen molar-refractivity contribution in [2.75, 3.05) is 6.54 Å². The van der Waals surface area contributed by atoms with E-state index in [1.807, 2.05) is 30.3 Å². The van der Waals surface area contributed by atoms with Crippen molar-refractivity contribution in [3.63, 3.8) is 0 Å². The van der Waals surface area contributed by atoms with E-state index in [-0.39, 0.29) is 18.5 Å². The van der Waals surface area contributed by atoms with Crippen LogP contribution in [0, 0.1) is 11.3 Å². The number of nitrogens with zero attached hydrogens (tertiary/aromatic N) is 4.